The molecule has 21 heteroatoms. The smallest absolute Gasteiger partial charge is 0.326 e. The maximum absolute atomic E-state index is 14.0. The molecule has 1 aliphatic carbocycles. The van der Waals surface area contributed by atoms with Gasteiger partial charge in [0.15, 0.2) is 5.78 Å². The molecule has 0 saturated carbocycles. The molecule has 292 valence electrons. The fourth-order valence-electron chi connectivity index (χ4n) is 5.38. The van der Waals surface area contributed by atoms with E-state index < -0.39 is 126 Å². The fraction of sp³-hybridized carbons (Fsp3) is 0.645. The predicted molar refractivity (Wildman–Crippen MR) is 187 cm³/mol. The second kappa shape index (κ2) is 20.6. The number of aliphatic carboxylic acids is 1. The summed E-state index contributed by atoms with van der Waals surface area (Å²) >= 11 is 17.8. The number of aliphatic hydroxyl groups excluding tert-OH is 2. The number of hydrogen-bond acceptors (Lipinski definition) is 12. The van der Waals surface area contributed by atoms with Gasteiger partial charge >= 0.3 is 5.97 Å². The maximum Gasteiger partial charge on any atom is 0.326 e. The molecule has 52 heavy (non-hydrogen) atoms. The van der Waals surface area contributed by atoms with E-state index in [-0.39, 0.29) is 37.1 Å². The minimum atomic E-state index is -1.77. The SMILES string of the molecule is CC(C[C@H](NC(=O)CN)C(=O)N[C@H](C(=O)N[C@@H]1C(=O)N/C(=C\Cl)C(=O)N[C@H](C(=O)O)CC2=C(CC(O)C2=O)O[C@H]1C(C)C)[C@H](O)CCCN)C(Cl)Cl. The van der Waals surface area contributed by atoms with Gasteiger partial charge in [-0.05, 0) is 37.6 Å². The van der Waals surface area contributed by atoms with E-state index in [1.165, 1.54) is 0 Å². The monoisotopic (exact) mass is 797 g/mol. The van der Waals surface area contributed by atoms with Crippen LogP contribution in [0.25, 0.3) is 0 Å². The van der Waals surface area contributed by atoms with E-state index in [4.69, 9.17) is 51.0 Å². The topological polar surface area (TPSA) is 302 Å². The van der Waals surface area contributed by atoms with Crippen molar-refractivity contribution < 1.29 is 53.6 Å². The molecule has 2 aliphatic rings. The first-order valence-corrected chi connectivity index (χ1v) is 17.7. The van der Waals surface area contributed by atoms with Crippen LogP contribution in [0.2, 0.25) is 0 Å². The van der Waals surface area contributed by atoms with Crippen LogP contribution in [-0.2, 0) is 38.3 Å². The van der Waals surface area contributed by atoms with Crippen LogP contribution in [-0.4, -0.2) is 117 Å². The summed E-state index contributed by atoms with van der Waals surface area (Å²) in [5, 5.41) is 43.0. The Morgan fingerprint density at radius 2 is 1.71 bits per heavy atom. The Morgan fingerprint density at radius 1 is 1.06 bits per heavy atom. The van der Waals surface area contributed by atoms with Crippen molar-refractivity contribution in [2.45, 2.75) is 100 Å². The minimum Gasteiger partial charge on any atom is -0.491 e. The molecule has 8 atom stereocenters. The number of carbonyl (C=O) groups is 7. The Bertz CT molecular complexity index is 1430. The first-order chi connectivity index (χ1) is 24.4. The minimum absolute atomic E-state index is 0.0994. The largest absolute Gasteiger partial charge is 0.491 e. The zero-order valence-corrected chi connectivity index (χ0v) is 31.0. The molecule has 0 radical (unpaired) electrons. The van der Waals surface area contributed by atoms with Crippen molar-refractivity contribution in [1.82, 2.24) is 26.6 Å². The quantitative estimate of drug-likeness (QED) is 0.0643. The molecule has 18 nitrogen and oxygen atoms in total. The highest BCUT2D eigenvalue weighted by atomic mass is 35.5. The van der Waals surface area contributed by atoms with E-state index in [9.17, 15) is 48.9 Å². The van der Waals surface area contributed by atoms with Gasteiger partial charge in [-0.25, -0.2) is 4.79 Å². The van der Waals surface area contributed by atoms with Crippen molar-refractivity contribution in [3.05, 3.63) is 22.6 Å². The van der Waals surface area contributed by atoms with Gasteiger partial charge < -0.3 is 58.1 Å². The number of hydrogen-bond donors (Lipinski definition) is 10. The Labute approximate surface area is 314 Å². The van der Waals surface area contributed by atoms with Gasteiger partial charge in [0.1, 0.15) is 52.7 Å². The molecule has 2 unspecified atom stereocenters. The molecule has 0 bridgehead atoms. The molecular formula is C31H46Cl3N7O11. The molecule has 0 aromatic carbocycles. The average Bonchev–Trinajstić information content (AvgIpc) is 3.34. The summed E-state index contributed by atoms with van der Waals surface area (Å²) < 4.78 is 6.12. The van der Waals surface area contributed by atoms with Gasteiger partial charge in [-0.15, -0.1) is 23.2 Å². The first-order valence-electron chi connectivity index (χ1n) is 16.4. The van der Waals surface area contributed by atoms with Crippen molar-refractivity contribution in [2.75, 3.05) is 13.1 Å². The van der Waals surface area contributed by atoms with Gasteiger partial charge in [0, 0.05) is 23.9 Å². The van der Waals surface area contributed by atoms with E-state index >= 15 is 0 Å². The zero-order chi connectivity index (χ0) is 39.4. The second-order valence-electron chi connectivity index (χ2n) is 12.7. The fourth-order valence-corrected chi connectivity index (χ4v) is 5.74. The number of carboxylic acid groups (broad SMARTS) is 1. The molecule has 5 amide bonds. The van der Waals surface area contributed by atoms with Crippen LogP contribution in [0.4, 0.5) is 0 Å². The number of ketones is 1. The van der Waals surface area contributed by atoms with Gasteiger partial charge in [0.2, 0.25) is 17.7 Å². The van der Waals surface area contributed by atoms with Crippen molar-refractivity contribution in [3.8, 4) is 0 Å². The van der Waals surface area contributed by atoms with Crippen LogP contribution in [0.1, 0.15) is 52.9 Å². The van der Waals surface area contributed by atoms with Crippen LogP contribution in [0.15, 0.2) is 22.6 Å². The summed E-state index contributed by atoms with van der Waals surface area (Å²) in [6.45, 7) is 4.41. The number of alkyl halides is 2. The Morgan fingerprint density at radius 3 is 2.25 bits per heavy atom. The summed E-state index contributed by atoms with van der Waals surface area (Å²) in [7, 11) is 0. The summed E-state index contributed by atoms with van der Waals surface area (Å²) in [5.41, 5.74) is 10.8. The molecule has 0 aromatic heterocycles. The lowest BCUT2D eigenvalue weighted by atomic mass is 9.96. The van der Waals surface area contributed by atoms with Crippen molar-refractivity contribution >= 4 is 76.1 Å². The van der Waals surface area contributed by atoms with Gasteiger partial charge in [-0.2, -0.15) is 0 Å². The summed E-state index contributed by atoms with van der Waals surface area (Å²) in [6.07, 6.45) is -5.57. The molecule has 0 fully saturated rings. The highest BCUT2D eigenvalue weighted by Crippen LogP contribution is 2.31. The highest BCUT2D eigenvalue weighted by molar-refractivity contribution is 6.44. The molecule has 0 spiro atoms. The van der Waals surface area contributed by atoms with Crippen LogP contribution in [0.5, 0.6) is 0 Å². The number of Topliss-reactive ketones (excluding diaryl/α,β-unsaturated/α-hetero) is 1. The predicted octanol–water partition coefficient (Wildman–Crippen LogP) is -1.87. The maximum atomic E-state index is 14.0. The van der Waals surface area contributed by atoms with Crippen LogP contribution >= 0.6 is 34.8 Å². The van der Waals surface area contributed by atoms with Crippen molar-refractivity contribution in [3.63, 3.8) is 0 Å². The second-order valence-corrected chi connectivity index (χ2v) is 14.1. The van der Waals surface area contributed by atoms with Crippen LogP contribution < -0.4 is 38.1 Å². The number of carbonyl (C=O) groups excluding carboxylic acids is 6. The normalized spacial score (nSPS) is 24.4. The average molecular weight is 799 g/mol. The Kier molecular flexibility index (Phi) is 17.7. The number of ether oxygens (including phenoxy) is 1. The Hall–Kier alpha value is -3.52. The Balaban J connectivity index is 2.63. The van der Waals surface area contributed by atoms with Gasteiger partial charge in [-0.3, -0.25) is 28.8 Å². The van der Waals surface area contributed by atoms with E-state index in [0.29, 0.717) is 5.54 Å². The number of amides is 5. The zero-order valence-electron chi connectivity index (χ0n) is 28.7. The van der Waals surface area contributed by atoms with E-state index in [0.717, 1.165) is 0 Å². The number of aliphatic hydroxyl groups is 2. The molecule has 2 rings (SSSR count). The third kappa shape index (κ3) is 12.3. The number of halogens is 3. The lowest BCUT2D eigenvalue weighted by molar-refractivity contribution is -0.141. The molecule has 1 heterocycles. The number of carboxylic acids is 1. The molecule has 12 N–H and O–H groups in total. The molecular weight excluding hydrogens is 753 g/mol. The summed E-state index contributed by atoms with van der Waals surface area (Å²) in [4.78, 5) is 90.7. The molecule has 1 aliphatic heterocycles. The van der Waals surface area contributed by atoms with Gasteiger partial charge in [-0.1, -0.05) is 32.4 Å². The third-order valence-electron chi connectivity index (χ3n) is 8.33. The summed E-state index contributed by atoms with van der Waals surface area (Å²) in [5.74, 6) is -8.81. The molecule has 0 saturated heterocycles. The highest BCUT2D eigenvalue weighted by Gasteiger charge is 2.43. The van der Waals surface area contributed by atoms with Gasteiger partial charge in [0.25, 0.3) is 11.8 Å². The first kappa shape index (κ1) is 44.6. The number of nitrogens with one attached hydrogen (secondary N) is 5. The van der Waals surface area contributed by atoms with Gasteiger partial charge in [0.05, 0.1) is 12.6 Å². The van der Waals surface area contributed by atoms with E-state index in [1.807, 2.05) is 0 Å². The standard InChI is InChI=1S/C31H46Cl3N7O11/c1-12(2)25-23(30(49)39-17(10-32)28(47)38-16(31(50)51)8-14-20(52-25)9-19(43)24(14)45)41-29(48)22(18(42)5-4-6-35)40-27(46)15(37-21(44)11-36)7-13(3)26(33)34/h10,12-13,15-16,18-19,22-23,25-26,42-43H,4-9,11,35-36H2,1-3H3,(H,37,44)(H,38,47)(H,39,49)(H,40,46)(H,41,48)(H,50,51)/b17-10-/t13?,15-,16-,18+,19?,22-,23-,25-/m0/s1. The lowest BCUT2D eigenvalue weighted by Crippen LogP contribution is -2.63. The van der Waals surface area contributed by atoms with E-state index in [2.05, 4.69) is 26.6 Å². The third-order valence-corrected chi connectivity index (χ3v) is 9.41. The van der Waals surface area contributed by atoms with Crippen LogP contribution in [0, 0.1) is 11.8 Å². The number of rotatable bonds is 15. The number of nitrogens with two attached hydrogens (primary N) is 2. The van der Waals surface area contributed by atoms with Crippen molar-refractivity contribution in [1.29, 1.82) is 0 Å². The molecule has 0 aromatic rings. The van der Waals surface area contributed by atoms with Crippen LogP contribution in [0.3, 0.4) is 0 Å². The van der Waals surface area contributed by atoms with Crippen molar-refractivity contribution in [2.24, 2.45) is 23.3 Å². The lowest BCUT2D eigenvalue weighted by Gasteiger charge is -2.34. The summed E-state index contributed by atoms with van der Waals surface area (Å²) in [6, 6.07) is -6.54. The van der Waals surface area contributed by atoms with E-state index in [1.54, 1.807) is 20.8 Å².